The summed E-state index contributed by atoms with van der Waals surface area (Å²) in [6.07, 6.45) is 1.14. The maximum atomic E-state index is 10.0. The van der Waals surface area contributed by atoms with Gasteiger partial charge >= 0.3 is 0 Å². The van der Waals surface area contributed by atoms with E-state index in [1.54, 1.807) is 20.5 Å². The van der Waals surface area contributed by atoms with Gasteiger partial charge in [0.2, 0.25) is 0 Å². The number of nitrogens with zero attached hydrogens (tertiary/aromatic N) is 4. The first kappa shape index (κ1) is 29.2. The van der Waals surface area contributed by atoms with Crippen LogP contribution < -0.4 is 14.8 Å². The predicted molar refractivity (Wildman–Crippen MR) is 166 cm³/mol. The number of fused-ring (bicyclic) bond motifs is 2. The number of aliphatic hydroxyl groups is 1. The van der Waals surface area contributed by atoms with E-state index in [1.807, 2.05) is 85.1 Å². The smallest absolute Gasteiger partial charge is 0.167 e. The molecule has 7 rings (SSSR count). The number of hydrogen-bond donors (Lipinski definition) is 2. The van der Waals surface area contributed by atoms with E-state index in [0.29, 0.717) is 17.0 Å². The van der Waals surface area contributed by atoms with Crippen LogP contribution in [0.25, 0.3) is 11.2 Å². The number of imidazole rings is 1. The summed E-state index contributed by atoms with van der Waals surface area (Å²) in [5.41, 5.74) is 3.08. The Hall–Kier alpha value is -4.55. The molecular formula is C34H35N5O6. The first-order chi connectivity index (χ1) is 21.9. The fourth-order valence-electron chi connectivity index (χ4n) is 6.42. The summed E-state index contributed by atoms with van der Waals surface area (Å²) in [7, 11) is 3.30. The molecule has 0 saturated carbocycles. The molecule has 0 bridgehead atoms. The molecule has 4 heterocycles. The second kappa shape index (κ2) is 11.4. The van der Waals surface area contributed by atoms with Crippen LogP contribution in [-0.2, 0) is 19.7 Å². The lowest BCUT2D eigenvalue weighted by molar-refractivity contribution is -0.199. The van der Waals surface area contributed by atoms with Gasteiger partial charge in [0.15, 0.2) is 29.0 Å². The lowest BCUT2D eigenvalue weighted by Gasteiger charge is -2.37. The van der Waals surface area contributed by atoms with Gasteiger partial charge in [-0.1, -0.05) is 54.6 Å². The van der Waals surface area contributed by atoms with E-state index in [0.717, 1.165) is 28.2 Å². The zero-order chi connectivity index (χ0) is 31.2. The predicted octanol–water partition coefficient (Wildman–Crippen LogP) is 4.66. The van der Waals surface area contributed by atoms with E-state index in [-0.39, 0.29) is 6.61 Å². The molecule has 0 radical (unpaired) electrons. The van der Waals surface area contributed by atoms with Crippen molar-refractivity contribution in [1.29, 1.82) is 0 Å². The topological polar surface area (TPSA) is 122 Å². The van der Waals surface area contributed by atoms with E-state index >= 15 is 0 Å². The summed E-state index contributed by atoms with van der Waals surface area (Å²) in [4.78, 5) is 14.1. The summed E-state index contributed by atoms with van der Waals surface area (Å²) in [5.74, 6) is 1.20. The van der Waals surface area contributed by atoms with Gasteiger partial charge in [-0.3, -0.25) is 4.57 Å². The van der Waals surface area contributed by atoms with Crippen LogP contribution in [0.2, 0.25) is 0 Å². The number of aromatic nitrogens is 4. The van der Waals surface area contributed by atoms with E-state index in [9.17, 15) is 5.11 Å². The van der Waals surface area contributed by atoms with Gasteiger partial charge in [0.1, 0.15) is 41.7 Å². The highest BCUT2D eigenvalue weighted by atomic mass is 16.8. The fraction of sp³-hybridized carbons (Fsp3) is 0.324. The SMILES string of the molecule is COc1ccc(C(Nc2ncnc3c2ncn3[C@@H]2O[C@H](CO)[C@H]3OC(C)(C)O[C@H]32)(c2ccccc2)c2ccc(OC)cc2)cc1. The second-order valence-electron chi connectivity index (χ2n) is 11.6. The molecule has 0 unspecified atom stereocenters. The number of anilines is 1. The second-order valence-corrected chi connectivity index (χ2v) is 11.6. The molecule has 4 atom stereocenters. The van der Waals surface area contributed by atoms with Gasteiger partial charge in [0.25, 0.3) is 0 Å². The highest BCUT2D eigenvalue weighted by Crippen LogP contribution is 2.45. The first-order valence-electron chi connectivity index (χ1n) is 14.8. The largest absolute Gasteiger partial charge is 0.497 e. The average molecular weight is 610 g/mol. The van der Waals surface area contributed by atoms with Crippen molar-refractivity contribution in [2.24, 2.45) is 0 Å². The van der Waals surface area contributed by atoms with Crippen LogP contribution in [0.4, 0.5) is 5.82 Å². The highest BCUT2D eigenvalue weighted by molar-refractivity contribution is 5.84. The first-order valence-corrected chi connectivity index (χ1v) is 14.8. The normalized spacial score (nSPS) is 22.3. The van der Waals surface area contributed by atoms with Gasteiger partial charge in [0, 0.05) is 0 Å². The van der Waals surface area contributed by atoms with Gasteiger partial charge in [-0.25, -0.2) is 15.0 Å². The van der Waals surface area contributed by atoms with Crippen LogP contribution in [0.3, 0.4) is 0 Å². The number of aliphatic hydroxyl groups excluding tert-OH is 1. The minimum absolute atomic E-state index is 0.200. The number of nitrogens with one attached hydrogen (secondary N) is 1. The molecule has 0 spiro atoms. The molecule has 2 saturated heterocycles. The number of methoxy groups -OCH3 is 2. The van der Waals surface area contributed by atoms with E-state index in [1.165, 1.54) is 6.33 Å². The summed E-state index contributed by atoms with van der Waals surface area (Å²) >= 11 is 0. The Morgan fingerprint density at radius 3 is 2.02 bits per heavy atom. The maximum absolute atomic E-state index is 10.0. The molecular weight excluding hydrogens is 574 g/mol. The van der Waals surface area contributed by atoms with Gasteiger partial charge in [0.05, 0.1) is 27.2 Å². The van der Waals surface area contributed by atoms with Crippen molar-refractivity contribution in [2.45, 2.75) is 49.7 Å². The van der Waals surface area contributed by atoms with Crippen molar-refractivity contribution < 1.29 is 28.8 Å². The molecule has 5 aromatic rings. The Balaban J connectivity index is 1.38. The lowest BCUT2D eigenvalue weighted by atomic mass is 9.77. The van der Waals surface area contributed by atoms with Crippen molar-refractivity contribution >= 4 is 17.0 Å². The molecule has 3 aromatic carbocycles. The van der Waals surface area contributed by atoms with E-state index in [2.05, 4.69) is 22.4 Å². The van der Waals surface area contributed by atoms with E-state index in [4.69, 9.17) is 33.7 Å². The van der Waals surface area contributed by atoms with Crippen LogP contribution in [0.15, 0.2) is 91.5 Å². The average Bonchev–Trinajstić information content (AvgIpc) is 3.75. The van der Waals surface area contributed by atoms with Crippen molar-refractivity contribution in [3.8, 4) is 11.5 Å². The third kappa shape index (κ3) is 4.98. The van der Waals surface area contributed by atoms with E-state index < -0.39 is 35.9 Å². The van der Waals surface area contributed by atoms with Gasteiger partial charge < -0.3 is 34.1 Å². The summed E-state index contributed by atoms with van der Waals surface area (Å²) < 4.78 is 31.4. The van der Waals surface area contributed by atoms with Gasteiger partial charge in [-0.05, 0) is 54.8 Å². The number of rotatable bonds is 9. The molecule has 0 aliphatic carbocycles. The molecule has 11 heteroatoms. The summed E-state index contributed by atoms with van der Waals surface area (Å²) in [6.45, 7) is 3.51. The quantitative estimate of drug-likeness (QED) is 0.228. The lowest BCUT2D eigenvalue weighted by Crippen LogP contribution is -2.38. The molecule has 11 nitrogen and oxygen atoms in total. The van der Waals surface area contributed by atoms with Crippen molar-refractivity contribution in [1.82, 2.24) is 19.5 Å². The summed E-state index contributed by atoms with van der Waals surface area (Å²) in [6, 6.07) is 26.1. The van der Waals surface area contributed by atoms with Crippen molar-refractivity contribution in [2.75, 3.05) is 26.1 Å². The van der Waals surface area contributed by atoms with Crippen molar-refractivity contribution in [3.05, 3.63) is 108 Å². The highest BCUT2D eigenvalue weighted by Gasteiger charge is 2.56. The molecule has 2 N–H and O–H groups in total. The van der Waals surface area contributed by atoms with Gasteiger partial charge in [-0.2, -0.15) is 0 Å². The zero-order valence-corrected chi connectivity index (χ0v) is 25.5. The standard InChI is InChI=1S/C34H35N5O6/c1-33(2)44-28-26(18-40)43-32(29(28)45-33)39-20-37-27-30(35-19-36-31(27)39)38-34(21-8-6-5-7-9-21,22-10-14-24(41-3)15-11-22)23-12-16-25(42-4)17-13-23/h5-17,19-20,26,28-29,32,40H,18H2,1-4H3,(H,35,36,38)/t26-,28-,29-,32-/m1/s1. The molecule has 0 amide bonds. The molecule has 2 fully saturated rings. The minimum Gasteiger partial charge on any atom is -0.497 e. The van der Waals surface area contributed by atoms with Crippen LogP contribution in [0.5, 0.6) is 11.5 Å². The number of benzene rings is 3. The third-order valence-corrected chi connectivity index (χ3v) is 8.50. The summed E-state index contributed by atoms with van der Waals surface area (Å²) in [5, 5.41) is 13.8. The molecule has 2 aliphatic heterocycles. The van der Waals surface area contributed by atoms with Gasteiger partial charge in [-0.15, -0.1) is 0 Å². The monoisotopic (exact) mass is 609 g/mol. The zero-order valence-electron chi connectivity index (χ0n) is 25.5. The molecule has 2 aromatic heterocycles. The fourth-order valence-corrected chi connectivity index (χ4v) is 6.42. The number of ether oxygens (including phenoxy) is 5. The molecule has 2 aliphatic rings. The minimum atomic E-state index is -0.909. The van der Waals surface area contributed by atoms with Crippen LogP contribution in [0.1, 0.15) is 36.8 Å². The van der Waals surface area contributed by atoms with Crippen LogP contribution in [-0.4, -0.2) is 69.6 Å². The Morgan fingerprint density at radius 1 is 0.822 bits per heavy atom. The van der Waals surface area contributed by atoms with Crippen molar-refractivity contribution in [3.63, 3.8) is 0 Å². The Kier molecular flexibility index (Phi) is 7.41. The Labute approximate surface area is 260 Å². The molecule has 45 heavy (non-hydrogen) atoms. The third-order valence-electron chi connectivity index (χ3n) is 8.50. The Morgan fingerprint density at radius 2 is 1.42 bits per heavy atom. The number of hydrogen-bond acceptors (Lipinski definition) is 10. The molecule has 232 valence electrons. The Bertz CT molecular complexity index is 1730. The van der Waals surface area contributed by atoms with Crippen LogP contribution >= 0.6 is 0 Å². The maximum Gasteiger partial charge on any atom is 0.167 e. The van der Waals surface area contributed by atoms with Crippen LogP contribution in [0, 0.1) is 0 Å².